The largest absolute Gasteiger partial charge is 0.497 e. The Morgan fingerprint density at radius 2 is 1.47 bits per heavy atom. The van der Waals surface area contributed by atoms with Gasteiger partial charge < -0.3 is 15.0 Å². The average molecular weight is 579 g/mol. The molecule has 3 rings (SSSR count). The van der Waals surface area contributed by atoms with Crippen molar-refractivity contribution in [3.05, 3.63) is 88.4 Å². The first kappa shape index (κ1) is 29.3. The molecule has 0 spiro atoms. The van der Waals surface area contributed by atoms with Crippen LogP contribution in [0, 0.1) is 0 Å². The minimum absolute atomic E-state index is 0.0244. The van der Waals surface area contributed by atoms with E-state index in [2.05, 4.69) is 5.32 Å². The first-order valence-corrected chi connectivity index (χ1v) is 14.0. The van der Waals surface area contributed by atoms with Crippen LogP contribution in [0.3, 0.4) is 0 Å². The number of amides is 2. The third kappa shape index (κ3) is 6.98. The van der Waals surface area contributed by atoms with Crippen LogP contribution in [0.4, 0.5) is 5.69 Å². The number of sulfonamides is 1. The lowest BCUT2D eigenvalue weighted by molar-refractivity contribution is -0.140. The van der Waals surface area contributed by atoms with Crippen molar-refractivity contribution in [3.63, 3.8) is 0 Å². The highest BCUT2D eigenvalue weighted by Gasteiger charge is 2.33. The Balaban J connectivity index is 2.04. The second-order valence-electron chi connectivity index (χ2n) is 8.35. The van der Waals surface area contributed by atoms with Gasteiger partial charge in [0.05, 0.1) is 17.7 Å². The van der Waals surface area contributed by atoms with Gasteiger partial charge in [0.1, 0.15) is 18.3 Å². The van der Waals surface area contributed by atoms with Crippen LogP contribution in [-0.4, -0.2) is 51.9 Å². The number of nitrogens with zero attached hydrogens (tertiary/aromatic N) is 2. The minimum atomic E-state index is -4.19. The molecule has 11 heteroatoms. The number of rotatable bonds is 11. The van der Waals surface area contributed by atoms with E-state index >= 15 is 0 Å². The zero-order chi connectivity index (χ0) is 27.9. The summed E-state index contributed by atoms with van der Waals surface area (Å²) < 4.78 is 33.7. The summed E-state index contributed by atoms with van der Waals surface area (Å²) in [6, 6.07) is 18.1. The Morgan fingerprint density at radius 3 is 1.97 bits per heavy atom. The lowest BCUT2D eigenvalue weighted by Gasteiger charge is -2.33. The highest BCUT2D eigenvalue weighted by atomic mass is 35.5. The molecular formula is C27H29Cl2N3O5S. The molecule has 0 saturated carbocycles. The summed E-state index contributed by atoms with van der Waals surface area (Å²) in [5, 5.41) is 3.54. The monoisotopic (exact) mass is 577 g/mol. The van der Waals surface area contributed by atoms with Crippen molar-refractivity contribution in [1.82, 2.24) is 10.2 Å². The van der Waals surface area contributed by atoms with Crippen LogP contribution in [0.5, 0.6) is 5.75 Å². The van der Waals surface area contributed by atoms with Crippen LogP contribution < -0.4 is 14.4 Å². The number of anilines is 1. The van der Waals surface area contributed by atoms with Gasteiger partial charge in [0, 0.05) is 23.6 Å². The quantitative estimate of drug-likeness (QED) is 0.354. The fourth-order valence-electron chi connectivity index (χ4n) is 3.88. The van der Waals surface area contributed by atoms with Crippen molar-refractivity contribution >= 4 is 50.7 Å². The fourth-order valence-corrected chi connectivity index (χ4v) is 5.55. The van der Waals surface area contributed by atoms with Crippen molar-refractivity contribution < 1.29 is 22.7 Å². The lowest BCUT2D eigenvalue weighted by Crippen LogP contribution is -2.51. The van der Waals surface area contributed by atoms with Crippen LogP contribution >= 0.6 is 23.2 Å². The van der Waals surface area contributed by atoms with Gasteiger partial charge in [-0.2, -0.15) is 0 Å². The molecule has 0 aliphatic rings. The number of benzene rings is 3. The van der Waals surface area contributed by atoms with Gasteiger partial charge in [-0.05, 0) is 72.6 Å². The molecule has 2 amide bonds. The third-order valence-electron chi connectivity index (χ3n) is 5.94. The topological polar surface area (TPSA) is 96.0 Å². The molecule has 8 nitrogen and oxygen atoms in total. The lowest BCUT2D eigenvalue weighted by atomic mass is 10.1. The Bertz CT molecular complexity index is 1350. The van der Waals surface area contributed by atoms with Gasteiger partial charge in [0.15, 0.2) is 0 Å². The van der Waals surface area contributed by atoms with E-state index in [-0.39, 0.29) is 23.0 Å². The van der Waals surface area contributed by atoms with Gasteiger partial charge in [0.2, 0.25) is 11.8 Å². The first-order valence-electron chi connectivity index (χ1n) is 11.8. The van der Waals surface area contributed by atoms with Crippen LogP contribution in [-0.2, 0) is 26.2 Å². The number of carbonyl (C=O) groups excluding carboxylic acids is 2. The summed E-state index contributed by atoms with van der Waals surface area (Å²) in [5.74, 6) is -0.420. The van der Waals surface area contributed by atoms with E-state index in [0.29, 0.717) is 22.2 Å². The summed E-state index contributed by atoms with van der Waals surface area (Å²) in [5.41, 5.74) is 0.985. The molecule has 0 fully saturated rings. The number of likely N-dealkylation sites (N-methyl/N-ethyl adjacent to an activating group) is 1. The van der Waals surface area contributed by atoms with E-state index in [0.717, 1.165) is 9.87 Å². The minimum Gasteiger partial charge on any atom is -0.497 e. The van der Waals surface area contributed by atoms with Crippen LogP contribution in [0.15, 0.2) is 77.7 Å². The van der Waals surface area contributed by atoms with Crippen molar-refractivity contribution in [2.45, 2.75) is 30.8 Å². The molecular weight excluding hydrogens is 549 g/mol. The highest BCUT2D eigenvalue weighted by molar-refractivity contribution is 7.92. The van der Waals surface area contributed by atoms with Crippen molar-refractivity contribution in [3.8, 4) is 5.75 Å². The third-order valence-corrected chi connectivity index (χ3v) is 8.23. The van der Waals surface area contributed by atoms with Gasteiger partial charge in [-0.15, -0.1) is 0 Å². The Hall–Kier alpha value is -3.27. The Morgan fingerprint density at radius 1 is 0.921 bits per heavy atom. The molecule has 0 aliphatic heterocycles. The van der Waals surface area contributed by atoms with Gasteiger partial charge in [-0.1, -0.05) is 42.3 Å². The average Bonchev–Trinajstić information content (AvgIpc) is 2.92. The second kappa shape index (κ2) is 13.0. The molecule has 1 N–H and O–H groups in total. The number of methoxy groups -OCH3 is 1. The molecule has 0 radical (unpaired) electrons. The van der Waals surface area contributed by atoms with E-state index in [4.69, 9.17) is 27.9 Å². The number of halogens is 2. The van der Waals surface area contributed by atoms with Gasteiger partial charge >= 0.3 is 0 Å². The summed E-state index contributed by atoms with van der Waals surface area (Å²) >= 11 is 12.1. The number of ether oxygens (including phenoxy) is 1. The summed E-state index contributed by atoms with van der Waals surface area (Å²) in [6.07, 6.45) is 0.325. The normalized spacial score (nSPS) is 11.9. The highest BCUT2D eigenvalue weighted by Crippen LogP contribution is 2.27. The molecule has 0 heterocycles. The van der Waals surface area contributed by atoms with Crippen LogP contribution in [0.2, 0.25) is 10.0 Å². The van der Waals surface area contributed by atoms with Crippen molar-refractivity contribution in [2.24, 2.45) is 0 Å². The number of hydrogen-bond acceptors (Lipinski definition) is 5. The smallest absolute Gasteiger partial charge is 0.264 e. The molecule has 3 aromatic carbocycles. The molecule has 0 aromatic heterocycles. The van der Waals surface area contributed by atoms with Crippen LogP contribution in [0.1, 0.15) is 18.9 Å². The van der Waals surface area contributed by atoms with E-state index in [1.54, 1.807) is 43.3 Å². The maximum atomic E-state index is 13.8. The summed E-state index contributed by atoms with van der Waals surface area (Å²) in [4.78, 5) is 27.9. The predicted octanol–water partition coefficient (Wildman–Crippen LogP) is 4.75. The van der Waals surface area contributed by atoms with E-state index in [1.807, 2.05) is 0 Å². The maximum absolute atomic E-state index is 13.8. The molecule has 3 aromatic rings. The van der Waals surface area contributed by atoms with Gasteiger partial charge in [0.25, 0.3) is 10.0 Å². The predicted molar refractivity (Wildman–Crippen MR) is 149 cm³/mol. The van der Waals surface area contributed by atoms with Crippen molar-refractivity contribution in [1.29, 1.82) is 0 Å². The zero-order valence-electron chi connectivity index (χ0n) is 21.2. The second-order valence-corrected chi connectivity index (χ2v) is 11.1. The summed E-state index contributed by atoms with van der Waals surface area (Å²) in [7, 11) is -1.22. The fraction of sp³-hybridized carbons (Fsp3) is 0.259. The molecule has 38 heavy (non-hydrogen) atoms. The Labute approximate surface area is 233 Å². The number of carbonyl (C=O) groups is 2. The van der Waals surface area contributed by atoms with Gasteiger partial charge in [-0.25, -0.2) is 8.42 Å². The van der Waals surface area contributed by atoms with Crippen molar-refractivity contribution in [2.75, 3.05) is 25.0 Å². The zero-order valence-corrected chi connectivity index (χ0v) is 23.6. The Kier molecular flexibility index (Phi) is 10.0. The van der Waals surface area contributed by atoms with E-state index < -0.39 is 28.5 Å². The summed E-state index contributed by atoms with van der Waals surface area (Å²) in [6.45, 7) is 1.32. The molecule has 0 unspecified atom stereocenters. The number of nitrogens with one attached hydrogen (secondary N) is 1. The molecule has 202 valence electrons. The maximum Gasteiger partial charge on any atom is 0.264 e. The van der Waals surface area contributed by atoms with Gasteiger partial charge in [-0.3, -0.25) is 13.9 Å². The molecule has 0 bridgehead atoms. The molecule has 1 atom stereocenters. The number of hydrogen-bond donors (Lipinski definition) is 1. The first-order chi connectivity index (χ1) is 18.1. The SMILES string of the molecule is CC[C@@H](C(=O)NC)N(Cc1ccc(Cl)cc1)C(=O)CN(c1ccc(Cl)cc1)S(=O)(=O)c1ccc(OC)cc1. The van der Waals surface area contributed by atoms with Crippen LogP contribution in [0.25, 0.3) is 0 Å². The van der Waals surface area contributed by atoms with E-state index in [9.17, 15) is 18.0 Å². The standard InChI is InChI=1S/C27H29Cl2N3O5S/c1-4-25(27(34)30-2)31(17-19-5-7-20(28)8-6-19)26(33)18-32(22-11-9-21(29)10-12-22)38(35,36)24-15-13-23(37-3)14-16-24/h5-16,25H,4,17-18H2,1-3H3,(H,30,34)/t25-/m0/s1. The molecule has 0 saturated heterocycles. The van der Waals surface area contributed by atoms with E-state index in [1.165, 1.54) is 55.5 Å². The molecule has 0 aliphatic carbocycles.